The zero-order chi connectivity index (χ0) is 14.5. The van der Waals surface area contributed by atoms with E-state index in [0.29, 0.717) is 5.89 Å². The monoisotopic (exact) mass is 291 g/mol. The van der Waals surface area contributed by atoms with Crippen LogP contribution in [0.4, 0.5) is 0 Å². The minimum Gasteiger partial charge on any atom is -0.340 e. The standard InChI is InChI=1S/C17H29N3O/c1-13-19-17(20-21-13)11-12-18-16-10-6-5-9-15(16)14-7-3-2-4-8-14/h14-16,18H,2-12H2,1H3. The van der Waals surface area contributed by atoms with Gasteiger partial charge in [-0.15, -0.1) is 0 Å². The van der Waals surface area contributed by atoms with Crippen molar-refractivity contribution in [2.75, 3.05) is 6.54 Å². The molecule has 1 aromatic rings. The van der Waals surface area contributed by atoms with Gasteiger partial charge >= 0.3 is 0 Å². The second-order valence-corrected chi connectivity index (χ2v) is 6.89. The van der Waals surface area contributed by atoms with Crippen molar-refractivity contribution in [1.29, 1.82) is 0 Å². The van der Waals surface area contributed by atoms with Gasteiger partial charge in [-0.3, -0.25) is 0 Å². The van der Waals surface area contributed by atoms with E-state index in [-0.39, 0.29) is 0 Å². The van der Waals surface area contributed by atoms with Crippen molar-refractivity contribution in [2.24, 2.45) is 11.8 Å². The van der Waals surface area contributed by atoms with Crippen LogP contribution in [0.3, 0.4) is 0 Å². The molecule has 2 atom stereocenters. The van der Waals surface area contributed by atoms with Crippen LogP contribution in [0.25, 0.3) is 0 Å². The summed E-state index contributed by atoms with van der Waals surface area (Å²) < 4.78 is 5.03. The highest BCUT2D eigenvalue weighted by molar-refractivity contribution is 4.89. The number of aryl methyl sites for hydroxylation is 1. The summed E-state index contributed by atoms with van der Waals surface area (Å²) in [6, 6.07) is 0.717. The van der Waals surface area contributed by atoms with Gasteiger partial charge in [-0.05, 0) is 24.7 Å². The van der Waals surface area contributed by atoms with Crippen molar-refractivity contribution in [2.45, 2.75) is 77.2 Å². The molecule has 2 saturated carbocycles. The molecule has 4 heteroatoms. The van der Waals surface area contributed by atoms with Gasteiger partial charge in [0.15, 0.2) is 5.82 Å². The topological polar surface area (TPSA) is 51.0 Å². The van der Waals surface area contributed by atoms with Crippen LogP contribution in [0, 0.1) is 18.8 Å². The van der Waals surface area contributed by atoms with Crippen LogP contribution in [-0.4, -0.2) is 22.7 Å². The summed E-state index contributed by atoms with van der Waals surface area (Å²) in [6.07, 6.45) is 13.8. The van der Waals surface area contributed by atoms with Gasteiger partial charge in [0.2, 0.25) is 5.89 Å². The first-order valence-electron chi connectivity index (χ1n) is 8.85. The Hall–Kier alpha value is -0.900. The Labute approximate surface area is 128 Å². The Morgan fingerprint density at radius 2 is 1.81 bits per heavy atom. The summed E-state index contributed by atoms with van der Waals surface area (Å²) in [7, 11) is 0. The molecule has 0 aromatic carbocycles. The molecule has 2 aliphatic carbocycles. The van der Waals surface area contributed by atoms with Crippen LogP contribution in [-0.2, 0) is 6.42 Å². The predicted molar refractivity (Wildman–Crippen MR) is 83.1 cm³/mol. The van der Waals surface area contributed by atoms with Gasteiger partial charge in [-0.2, -0.15) is 4.98 Å². The van der Waals surface area contributed by atoms with Crippen molar-refractivity contribution in [3.05, 3.63) is 11.7 Å². The molecule has 0 saturated heterocycles. The summed E-state index contributed by atoms with van der Waals surface area (Å²) in [6.45, 7) is 2.83. The second kappa shape index (κ2) is 7.39. The minimum absolute atomic E-state index is 0.669. The molecule has 2 fully saturated rings. The molecule has 2 unspecified atom stereocenters. The Morgan fingerprint density at radius 3 is 2.57 bits per heavy atom. The van der Waals surface area contributed by atoms with E-state index < -0.39 is 0 Å². The van der Waals surface area contributed by atoms with Crippen LogP contribution in [0.5, 0.6) is 0 Å². The smallest absolute Gasteiger partial charge is 0.223 e. The fraction of sp³-hybridized carbons (Fsp3) is 0.882. The third-order valence-corrected chi connectivity index (χ3v) is 5.40. The summed E-state index contributed by atoms with van der Waals surface area (Å²) in [4.78, 5) is 4.28. The fourth-order valence-electron chi connectivity index (χ4n) is 4.35. The number of hydrogen-bond acceptors (Lipinski definition) is 4. The number of aromatic nitrogens is 2. The molecule has 0 bridgehead atoms. The molecule has 1 aromatic heterocycles. The molecule has 0 spiro atoms. The molecular weight excluding hydrogens is 262 g/mol. The predicted octanol–water partition coefficient (Wildman–Crippen LogP) is 3.65. The van der Waals surface area contributed by atoms with Crippen LogP contribution in [0.2, 0.25) is 0 Å². The zero-order valence-corrected chi connectivity index (χ0v) is 13.3. The summed E-state index contributed by atoms with van der Waals surface area (Å²) >= 11 is 0. The number of nitrogens with one attached hydrogen (secondary N) is 1. The lowest BCUT2D eigenvalue weighted by Crippen LogP contribution is -2.43. The van der Waals surface area contributed by atoms with Crippen LogP contribution in [0.15, 0.2) is 4.52 Å². The highest BCUT2D eigenvalue weighted by Gasteiger charge is 2.32. The average molecular weight is 291 g/mol. The Morgan fingerprint density at radius 1 is 1.05 bits per heavy atom. The Balaban J connectivity index is 1.49. The van der Waals surface area contributed by atoms with E-state index in [4.69, 9.17) is 4.52 Å². The summed E-state index contributed by atoms with van der Waals surface area (Å²) in [5.74, 6) is 3.39. The molecule has 21 heavy (non-hydrogen) atoms. The molecule has 1 N–H and O–H groups in total. The molecular formula is C17H29N3O. The molecule has 0 aliphatic heterocycles. The molecule has 0 radical (unpaired) electrons. The highest BCUT2D eigenvalue weighted by Crippen LogP contribution is 2.38. The van der Waals surface area contributed by atoms with Crippen molar-refractivity contribution >= 4 is 0 Å². The third-order valence-electron chi connectivity index (χ3n) is 5.40. The molecule has 118 valence electrons. The SMILES string of the molecule is Cc1nc(CCNC2CCCCC2C2CCCCC2)no1. The van der Waals surface area contributed by atoms with Gasteiger partial charge in [0, 0.05) is 25.9 Å². The first-order valence-corrected chi connectivity index (χ1v) is 8.85. The highest BCUT2D eigenvalue weighted by atomic mass is 16.5. The third kappa shape index (κ3) is 4.06. The van der Waals surface area contributed by atoms with Crippen LogP contribution >= 0.6 is 0 Å². The first-order chi connectivity index (χ1) is 10.3. The molecule has 1 heterocycles. The van der Waals surface area contributed by atoms with E-state index in [1.807, 2.05) is 6.92 Å². The summed E-state index contributed by atoms with van der Waals surface area (Å²) in [5.41, 5.74) is 0. The normalized spacial score (nSPS) is 27.9. The van der Waals surface area contributed by atoms with Crippen molar-refractivity contribution < 1.29 is 4.52 Å². The van der Waals surface area contributed by atoms with Gasteiger partial charge in [0.05, 0.1) is 0 Å². The minimum atomic E-state index is 0.669. The van der Waals surface area contributed by atoms with E-state index in [1.165, 1.54) is 57.8 Å². The molecule has 3 rings (SSSR count). The molecule has 4 nitrogen and oxygen atoms in total. The van der Waals surface area contributed by atoms with Gasteiger partial charge in [0.25, 0.3) is 0 Å². The number of nitrogens with zero attached hydrogens (tertiary/aromatic N) is 2. The second-order valence-electron chi connectivity index (χ2n) is 6.89. The van der Waals surface area contributed by atoms with E-state index in [2.05, 4.69) is 15.5 Å². The number of hydrogen-bond donors (Lipinski definition) is 1. The average Bonchev–Trinajstić information content (AvgIpc) is 2.94. The quantitative estimate of drug-likeness (QED) is 0.899. The molecule has 2 aliphatic rings. The Bertz CT molecular complexity index is 425. The van der Waals surface area contributed by atoms with Gasteiger partial charge in [0.1, 0.15) is 0 Å². The van der Waals surface area contributed by atoms with Crippen LogP contribution in [0.1, 0.15) is 69.5 Å². The lowest BCUT2D eigenvalue weighted by atomic mass is 9.71. The lowest BCUT2D eigenvalue weighted by molar-refractivity contribution is 0.150. The van der Waals surface area contributed by atoms with E-state index >= 15 is 0 Å². The van der Waals surface area contributed by atoms with E-state index in [9.17, 15) is 0 Å². The molecule has 0 amide bonds. The maximum atomic E-state index is 5.03. The van der Waals surface area contributed by atoms with Gasteiger partial charge in [-0.25, -0.2) is 0 Å². The van der Waals surface area contributed by atoms with Gasteiger partial charge < -0.3 is 9.84 Å². The maximum Gasteiger partial charge on any atom is 0.223 e. The van der Waals surface area contributed by atoms with Crippen molar-refractivity contribution in [1.82, 2.24) is 15.5 Å². The lowest BCUT2D eigenvalue weighted by Gasteiger charge is -2.39. The summed E-state index contributed by atoms with van der Waals surface area (Å²) in [5, 5.41) is 7.79. The fourth-order valence-corrected chi connectivity index (χ4v) is 4.35. The van der Waals surface area contributed by atoms with Crippen molar-refractivity contribution in [3.8, 4) is 0 Å². The largest absolute Gasteiger partial charge is 0.340 e. The van der Waals surface area contributed by atoms with Crippen LogP contribution < -0.4 is 5.32 Å². The first kappa shape index (κ1) is 15.0. The number of rotatable bonds is 5. The Kier molecular flexibility index (Phi) is 5.28. The van der Waals surface area contributed by atoms with E-state index in [1.54, 1.807) is 0 Å². The van der Waals surface area contributed by atoms with Crippen molar-refractivity contribution in [3.63, 3.8) is 0 Å². The maximum absolute atomic E-state index is 5.03. The van der Waals surface area contributed by atoms with E-state index in [0.717, 1.165) is 36.7 Å². The zero-order valence-electron chi connectivity index (χ0n) is 13.3. The van der Waals surface area contributed by atoms with Gasteiger partial charge in [-0.1, -0.05) is 50.1 Å².